The van der Waals surface area contributed by atoms with Gasteiger partial charge in [0.05, 0.1) is 0 Å². The molecule has 0 aliphatic carbocycles. The Labute approximate surface area is 137 Å². The van der Waals surface area contributed by atoms with Crippen LogP contribution in [0.2, 0.25) is 5.15 Å². The molecule has 3 heterocycles. The van der Waals surface area contributed by atoms with Crippen molar-refractivity contribution in [2.45, 2.75) is 38.8 Å². The van der Waals surface area contributed by atoms with Gasteiger partial charge in [0.15, 0.2) is 5.65 Å². The molecule has 1 N–H and O–H groups in total. The normalized spacial score (nSPS) is 23.0. The van der Waals surface area contributed by atoms with Crippen molar-refractivity contribution in [2.24, 2.45) is 0 Å². The van der Waals surface area contributed by atoms with Gasteiger partial charge < -0.3 is 10.2 Å². The van der Waals surface area contributed by atoms with Gasteiger partial charge in [0.25, 0.3) is 0 Å². The van der Waals surface area contributed by atoms with Crippen molar-refractivity contribution in [1.82, 2.24) is 19.9 Å². The summed E-state index contributed by atoms with van der Waals surface area (Å²) in [5.41, 5.74) is 0.769. The van der Waals surface area contributed by atoms with Crippen molar-refractivity contribution in [3.05, 3.63) is 21.9 Å². The summed E-state index contributed by atoms with van der Waals surface area (Å²) in [5.74, 6) is 1.02. The number of nitrogens with zero attached hydrogens (tertiary/aromatic N) is 4. The lowest BCUT2D eigenvalue weighted by atomic mass is 10.1. The highest BCUT2D eigenvalue weighted by atomic mass is 79.9. The molecule has 0 spiro atoms. The third-order valence-corrected chi connectivity index (χ3v) is 4.69. The first-order valence-electron chi connectivity index (χ1n) is 7.34. The van der Waals surface area contributed by atoms with Gasteiger partial charge in [-0.1, -0.05) is 25.4 Å². The molecule has 0 unspecified atom stereocenters. The second-order valence-corrected chi connectivity index (χ2v) is 6.60. The van der Waals surface area contributed by atoms with Gasteiger partial charge in [0.2, 0.25) is 0 Å². The minimum atomic E-state index is 0.442. The van der Waals surface area contributed by atoms with E-state index in [1.807, 2.05) is 16.6 Å². The summed E-state index contributed by atoms with van der Waals surface area (Å²) in [6.07, 6.45) is 2.19. The van der Waals surface area contributed by atoms with Crippen molar-refractivity contribution < 1.29 is 0 Å². The number of halogens is 2. The minimum Gasteiger partial charge on any atom is -0.351 e. The number of fused-ring (bicyclic) bond motifs is 1. The van der Waals surface area contributed by atoms with Crippen molar-refractivity contribution in [2.75, 3.05) is 18.0 Å². The number of nitrogens with one attached hydrogen (secondary N) is 1. The minimum absolute atomic E-state index is 0.442. The van der Waals surface area contributed by atoms with Crippen molar-refractivity contribution >= 4 is 39.0 Å². The molecule has 21 heavy (non-hydrogen) atoms. The van der Waals surface area contributed by atoms with Crippen LogP contribution in [0.4, 0.5) is 5.82 Å². The lowest BCUT2D eigenvalue weighted by Crippen LogP contribution is -2.56. The van der Waals surface area contributed by atoms with Crippen LogP contribution in [0.1, 0.15) is 26.7 Å². The zero-order chi connectivity index (χ0) is 15.0. The molecule has 0 radical (unpaired) electrons. The molecule has 0 saturated carbocycles. The molecule has 1 fully saturated rings. The van der Waals surface area contributed by atoms with Gasteiger partial charge in [-0.25, -0.2) is 4.98 Å². The zero-order valence-corrected chi connectivity index (χ0v) is 14.5. The predicted molar refractivity (Wildman–Crippen MR) is 89.2 cm³/mol. The van der Waals surface area contributed by atoms with Gasteiger partial charge in [-0.15, -0.1) is 0 Å². The Balaban J connectivity index is 2.07. The Morgan fingerprint density at radius 3 is 2.90 bits per heavy atom. The molecule has 2 aromatic heterocycles. The molecule has 1 aliphatic heterocycles. The topological polar surface area (TPSA) is 45.5 Å². The first kappa shape index (κ1) is 15.1. The van der Waals surface area contributed by atoms with Crippen LogP contribution in [0.3, 0.4) is 0 Å². The third-order valence-electron chi connectivity index (χ3n) is 4.11. The van der Waals surface area contributed by atoms with E-state index in [0.717, 1.165) is 42.0 Å². The molecule has 1 saturated heterocycles. The summed E-state index contributed by atoms with van der Waals surface area (Å²) >= 11 is 9.62. The summed E-state index contributed by atoms with van der Waals surface area (Å²) in [5, 5.41) is 8.61. The molecular weight excluding hydrogens is 354 g/mol. The van der Waals surface area contributed by atoms with Gasteiger partial charge in [0.1, 0.15) is 15.6 Å². The molecule has 114 valence electrons. The fraction of sp³-hybridized carbons (Fsp3) is 0.571. The van der Waals surface area contributed by atoms with Crippen molar-refractivity contribution in [1.29, 1.82) is 0 Å². The second kappa shape index (κ2) is 6.10. The van der Waals surface area contributed by atoms with Crippen LogP contribution in [0, 0.1) is 0 Å². The van der Waals surface area contributed by atoms with Gasteiger partial charge >= 0.3 is 0 Å². The van der Waals surface area contributed by atoms with Crippen molar-refractivity contribution in [3.63, 3.8) is 0 Å². The Hall–Kier alpha value is -0.850. The smallest absolute Gasteiger partial charge is 0.160 e. The lowest BCUT2D eigenvalue weighted by Gasteiger charge is -2.41. The van der Waals surface area contributed by atoms with Crippen molar-refractivity contribution in [3.8, 4) is 0 Å². The SMILES string of the molecule is CC[C@@H]1CN(c2cc(Cl)nc3cc(Br)nn23)[C@@H](CC)CN1. The van der Waals surface area contributed by atoms with E-state index in [1.54, 1.807) is 0 Å². The van der Waals surface area contributed by atoms with Gasteiger partial charge in [-0.05, 0) is 28.8 Å². The summed E-state index contributed by atoms with van der Waals surface area (Å²) in [6, 6.07) is 4.73. The molecule has 0 aromatic carbocycles. The fourth-order valence-electron chi connectivity index (χ4n) is 2.89. The predicted octanol–water partition coefficient (Wildman–Crippen LogP) is 3.11. The maximum atomic E-state index is 6.20. The molecule has 7 heteroatoms. The van der Waals surface area contributed by atoms with Crippen LogP contribution in [0.25, 0.3) is 5.65 Å². The number of hydrogen-bond donors (Lipinski definition) is 1. The fourth-order valence-corrected chi connectivity index (χ4v) is 3.44. The Morgan fingerprint density at radius 2 is 2.19 bits per heavy atom. The Morgan fingerprint density at radius 1 is 1.38 bits per heavy atom. The lowest BCUT2D eigenvalue weighted by molar-refractivity contribution is 0.375. The van der Waals surface area contributed by atoms with E-state index in [2.05, 4.69) is 50.1 Å². The summed E-state index contributed by atoms with van der Waals surface area (Å²) in [6.45, 7) is 6.37. The number of anilines is 1. The quantitative estimate of drug-likeness (QED) is 0.841. The average molecular weight is 373 g/mol. The van der Waals surface area contributed by atoms with Crippen LogP contribution in [-0.4, -0.2) is 39.8 Å². The number of hydrogen-bond acceptors (Lipinski definition) is 4. The molecule has 2 atom stereocenters. The summed E-state index contributed by atoms with van der Waals surface area (Å²) in [7, 11) is 0. The first-order valence-corrected chi connectivity index (χ1v) is 8.51. The first-order chi connectivity index (χ1) is 10.1. The second-order valence-electron chi connectivity index (χ2n) is 5.40. The highest BCUT2D eigenvalue weighted by molar-refractivity contribution is 9.10. The average Bonchev–Trinajstić information content (AvgIpc) is 2.85. The van der Waals surface area contributed by atoms with E-state index in [9.17, 15) is 0 Å². The van der Waals surface area contributed by atoms with E-state index >= 15 is 0 Å². The van der Waals surface area contributed by atoms with Gasteiger partial charge in [-0.3, -0.25) is 0 Å². The van der Waals surface area contributed by atoms with Crippen LogP contribution < -0.4 is 10.2 Å². The monoisotopic (exact) mass is 371 g/mol. The highest BCUT2D eigenvalue weighted by Crippen LogP contribution is 2.26. The molecule has 5 nitrogen and oxygen atoms in total. The molecule has 0 bridgehead atoms. The Kier molecular flexibility index (Phi) is 4.38. The number of aromatic nitrogens is 3. The molecule has 1 aliphatic rings. The highest BCUT2D eigenvalue weighted by Gasteiger charge is 2.28. The maximum Gasteiger partial charge on any atom is 0.160 e. The van der Waals surface area contributed by atoms with E-state index in [-0.39, 0.29) is 0 Å². The van der Waals surface area contributed by atoms with Crippen LogP contribution in [-0.2, 0) is 0 Å². The third kappa shape index (κ3) is 2.89. The number of piperazine rings is 1. The Bertz CT molecular complexity index is 644. The standard InChI is InChI=1S/C14H19BrClN5/c1-3-9-8-20(10(4-2)7-17-9)14-6-12(16)18-13-5-11(15)19-21(13)14/h5-6,9-10,17H,3-4,7-8H2,1-2H3/t9-,10+/m1/s1. The van der Waals surface area contributed by atoms with E-state index < -0.39 is 0 Å². The molecule has 3 rings (SSSR count). The maximum absolute atomic E-state index is 6.20. The molecular formula is C14H19BrClN5. The number of rotatable bonds is 3. The van der Waals surface area contributed by atoms with E-state index in [1.165, 1.54) is 0 Å². The van der Waals surface area contributed by atoms with E-state index in [0.29, 0.717) is 17.2 Å². The molecule has 0 amide bonds. The van der Waals surface area contributed by atoms with Gasteiger partial charge in [0, 0.05) is 37.3 Å². The van der Waals surface area contributed by atoms with Crippen LogP contribution in [0.15, 0.2) is 16.7 Å². The van der Waals surface area contributed by atoms with Gasteiger partial charge in [-0.2, -0.15) is 9.61 Å². The largest absolute Gasteiger partial charge is 0.351 e. The summed E-state index contributed by atoms with van der Waals surface area (Å²) in [4.78, 5) is 6.74. The van der Waals surface area contributed by atoms with Crippen LogP contribution in [0.5, 0.6) is 0 Å². The summed E-state index contributed by atoms with van der Waals surface area (Å²) < 4.78 is 2.64. The van der Waals surface area contributed by atoms with Crippen LogP contribution >= 0.6 is 27.5 Å². The zero-order valence-electron chi connectivity index (χ0n) is 12.2. The molecule has 2 aromatic rings. The van der Waals surface area contributed by atoms with E-state index in [4.69, 9.17) is 11.6 Å².